The van der Waals surface area contributed by atoms with Crippen molar-refractivity contribution in [3.8, 4) is 11.3 Å². The molecule has 0 unspecified atom stereocenters. The van der Waals surface area contributed by atoms with Gasteiger partial charge in [0.15, 0.2) is 11.5 Å². The van der Waals surface area contributed by atoms with E-state index in [0.29, 0.717) is 31.7 Å². The summed E-state index contributed by atoms with van der Waals surface area (Å²) in [4.78, 5) is 29.5. The molecule has 1 aromatic carbocycles. The molecule has 3 heterocycles. The van der Waals surface area contributed by atoms with Gasteiger partial charge in [-0.15, -0.1) is 5.10 Å². The van der Waals surface area contributed by atoms with Crippen LogP contribution in [-0.2, 0) is 22.7 Å². The zero-order valence-electron chi connectivity index (χ0n) is 21.5. The Labute approximate surface area is 216 Å². The molecule has 198 valence electrons. The lowest BCUT2D eigenvalue weighted by Crippen LogP contribution is -2.48. The van der Waals surface area contributed by atoms with E-state index in [0.717, 1.165) is 11.3 Å². The molecular weight excluding hydrogens is 476 g/mol. The normalized spacial score (nSPS) is 20.0. The first kappa shape index (κ1) is 26.5. The predicted octanol–water partition coefficient (Wildman–Crippen LogP) is 2.23. The number of aliphatic hydroxyl groups is 1. The van der Waals surface area contributed by atoms with Crippen LogP contribution < -0.4 is 0 Å². The maximum Gasteiger partial charge on any atom is 0.275 e. The lowest BCUT2D eigenvalue weighted by molar-refractivity contribution is -0.136. The fourth-order valence-corrected chi connectivity index (χ4v) is 4.41. The highest BCUT2D eigenvalue weighted by Gasteiger charge is 2.30. The van der Waals surface area contributed by atoms with Gasteiger partial charge in [0, 0.05) is 50.7 Å². The number of likely N-dealkylation sites (N-methyl/N-ethyl adjacent to an activating group) is 1. The van der Waals surface area contributed by atoms with E-state index >= 15 is 0 Å². The molecule has 0 saturated heterocycles. The van der Waals surface area contributed by atoms with Crippen molar-refractivity contribution in [1.29, 1.82) is 0 Å². The van der Waals surface area contributed by atoms with Crippen molar-refractivity contribution in [3.63, 3.8) is 0 Å². The van der Waals surface area contributed by atoms with Crippen LogP contribution in [0.15, 0.2) is 47.1 Å². The minimum Gasteiger partial charge on any atom is -0.394 e. The Kier molecular flexibility index (Phi) is 8.67. The first-order chi connectivity index (χ1) is 17.9. The number of aliphatic hydroxyl groups excluding tert-OH is 1. The molecule has 0 radical (unpaired) electrons. The number of benzene rings is 1. The second kappa shape index (κ2) is 12.1. The number of amides is 2. The Morgan fingerprint density at radius 3 is 2.84 bits per heavy atom. The fraction of sp³-hybridized carbons (Fsp3) is 0.500. The van der Waals surface area contributed by atoms with Crippen molar-refractivity contribution in [2.45, 2.75) is 52.0 Å². The van der Waals surface area contributed by atoms with Gasteiger partial charge in [0.05, 0.1) is 37.3 Å². The molecule has 1 aliphatic heterocycles. The van der Waals surface area contributed by atoms with Gasteiger partial charge in [-0.05, 0) is 13.3 Å². The smallest absolute Gasteiger partial charge is 0.275 e. The van der Waals surface area contributed by atoms with E-state index in [4.69, 9.17) is 9.26 Å². The summed E-state index contributed by atoms with van der Waals surface area (Å²) >= 11 is 0. The summed E-state index contributed by atoms with van der Waals surface area (Å²) in [5, 5.41) is 21.9. The van der Waals surface area contributed by atoms with Crippen molar-refractivity contribution in [3.05, 3.63) is 54.0 Å². The van der Waals surface area contributed by atoms with Crippen molar-refractivity contribution >= 4 is 11.8 Å². The Hall–Kier alpha value is -3.57. The van der Waals surface area contributed by atoms with Crippen LogP contribution in [0.25, 0.3) is 11.3 Å². The highest BCUT2D eigenvalue weighted by atomic mass is 16.5. The number of rotatable bonds is 6. The highest BCUT2D eigenvalue weighted by molar-refractivity contribution is 5.93. The number of fused-ring (bicyclic) bond motifs is 1. The molecule has 1 N–H and O–H groups in total. The molecule has 2 amide bonds. The number of ether oxygens (including phenoxy) is 1. The van der Waals surface area contributed by atoms with E-state index in [9.17, 15) is 14.7 Å². The fourth-order valence-electron chi connectivity index (χ4n) is 4.41. The summed E-state index contributed by atoms with van der Waals surface area (Å²) in [6.07, 6.45) is 2.21. The molecule has 0 spiro atoms. The monoisotopic (exact) mass is 510 g/mol. The van der Waals surface area contributed by atoms with E-state index < -0.39 is 6.10 Å². The number of aromatic nitrogens is 4. The molecule has 3 atom stereocenters. The van der Waals surface area contributed by atoms with Crippen LogP contribution in [0.1, 0.15) is 42.9 Å². The van der Waals surface area contributed by atoms with Crippen molar-refractivity contribution in [2.24, 2.45) is 5.92 Å². The van der Waals surface area contributed by atoms with Gasteiger partial charge in [-0.25, -0.2) is 4.68 Å². The van der Waals surface area contributed by atoms with Gasteiger partial charge < -0.3 is 24.2 Å². The molecule has 2 aromatic heterocycles. The summed E-state index contributed by atoms with van der Waals surface area (Å²) in [6, 6.07) is 10.8. The molecule has 11 heteroatoms. The Morgan fingerprint density at radius 2 is 2.08 bits per heavy atom. The van der Waals surface area contributed by atoms with Gasteiger partial charge in [-0.3, -0.25) is 9.59 Å². The maximum atomic E-state index is 13.2. The van der Waals surface area contributed by atoms with Crippen molar-refractivity contribution < 1.29 is 24.0 Å². The molecular formula is C26H34N6O5. The zero-order valence-corrected chi connectivity index (χ0v) is 21.5. The zero-order chi connectivity index (χ0) is 26.4. The quantitative estimate of drug-likeness (QED) is 0.535. The number of hydrogen-bond donors (Lipinski definition) is 1. The van der Waals surface area contributed by atoms with Gasteiger partial charge in [0.1, 0.15) is 0 Å². The van der Waals surface area contributed by atoms with Crippen LogP contribution in [0.5, 0.6) is 0 Å². The van der Waals surface area contributed by atoms with Crippen LogP contribution in [0.4, 0.5) is 0 Å². The lowest BCUT2D eigenvalue weighted by atomic mass is 10.0. The first-order valence-electron chi connectivity index (χ1n) is 12.5. The van der Waals surface area contributed by atoms with Crippen molar-refractivity contribution in [2.75, 3.05) is 26.7 Å². The standard InChI is InChI=1S/C26H34N6O5/c1-18-14-31(19(2)16-33)25(34)10-7-11-32-21(13-27-29-32)17-36-24(18)15-30(3)26(35)22-12-23(37-28-22)20-8-5-4-6-9-20/h4-6,8-9,12-13,18-19,24,33H,7,10-11,14-17H2,1-3H3/t18-,19+,24+/m1/s1. The molecule has 37 heavy (non-hydrogen) atoms. The molecule has 0 bridgehead atoms. The second-order valence-corrected chi connectivity index (χ2v) is 9.58. The van der Waals surface area contributed by atoms with Gasteiger partial charge in [0.2, 0.25) is 5.91 Å². The molecule has 3 aromatic rings. The Balaban J connectivity index is 1.52. The highest BCUT2D eigenvalue weighted by Crippen LogP contribution is 2.22. The average Bonchev–Trinajstić information content (AvgIpc) is 3.58. The number of carbonyl (C=O) groups excluding carboxylic acids is 2. The predicted molar refractivity (Wildman–Crippen MR) is 134 cm³/mol. The third kappa shape index (κ3) is 6.41. The lowest BCUT2D eigenvalue weighted by Gasteiger charge is -2.35. The second-order valence-electron chi connectivity index (χ2n) is 9.58. The maximum absolute atomic E-state index is 13.2. The summed E-state index contributed by atoms with van der Waals surface area (Å²) < 4.78 is 13.5. The van der Waals surface area contributed by atoms with E-state index in [1.165, 1.54) is 0 Å². The largest absolute Gasteiger partial charge is 0.394 e. The molecule has 11 nitrogen and oxygen atoms in total. The number of hydrogen-bond acceptors (Lipinski definition) is 8. The summed E-state index contributed by atoms with van der Waals surface area (Å²) in [5.74, 6) is 0.0566. The number of nitrogens with zero attached hydrogens (tertiary/aromatic N) is 6. The van der Waals surface area contributed by atoms with Gasteiger partial charge in [-0.1, -0.05) is 47.6 Å². The van der Waals surface area contributed by atoms with Crippen LogP contribution in [0.3, 0.4) is 0 Å². The van der Waals surface area contributed by atoms with E-state index in [1.54, 1.807) is 33.8 Å². The van der Waals surface area contributed by atoms with Crippen molar-refractivity contribution in [1.82, 2.24) is 30.0 Å². The topological polar surface area (TPSA) is 127 Å². The summed E-state index contributed by atoms with van der Waals surface area (Å²) in [6.45, 7) is 5.16. The van der Waals surface area contributed by atoms with Crippen LogP contribution in [0, 0.1) is 5.92 Å². The van der Waals surface area contributed by atoms with Gasteiger partial charge in [-0.2, -0.15) is 0 Å². The van der Waals surface area contributed by atoms with E-state index in [1.807, 2.05) is 44.2 Å². The third-order valence-electron chi connectivity index (χ3n) is 6.73. The minimum atomic E-state index is -0.404. The van der Waals surface area contributed by atoms with Crippen LogP contribution >= 0.6 is 0 Å². The number of carbonyl (C=O) groups is 2. The minimum absolute atomic E-state index is 0.0325. The van der Waals surface area contributed by atoms with Gasteiger partial charge >= 0.3 is 0 Å². The SMILES string of the molecule is C[C@@H]1CN([C@@H](C)CO)C(=O)CCCn2nncc2CO[C@H]1CN(C)C(=O)c1cc(-c2ccccc2)on1. The third-order valence-corrected chi connectivity index (χ3v) is 6.73. The molecule has 0 aliphatic carbocycles. The summed E-state index contributed by atoms with van der Waals surface area (Å²) in [7, 11) is 1.69. The molecule has 0 saturated carbocycles. The summed E-state index contributed by atoms with van der Waals surface area (Å²) in [5.41, 5.74) is 1.85. The van der Waals surface area contributed by atoms with Crippen LogP contribution in [-0.4, -0.2) is 85.8 Å². The first-order valence-corrected chi connectivity index (χ1v) is 12.5. The Morgan fingerprint density at radius 1 is 1.30 bits per heavy atom. The average molecular weight is 511 g/mol. The number of aryl methyl sites for hydroxylation is 1. The Bertz CT molecular complexity index is 1180. The van der Waals surface area contributed by atoms with Crippen LogP contribution in [0.2, 0.25) is 0 Å². The molecule has 4 rings (SSSR count). The molecule has 1 aliphatic rings. The molecule has 0 fully saturated rings. The van der Waals surface area contributed by atoms with E-state index in [-0.39, 0.29) is 49.2 Å². The van der Waals surface area contributed by atoms with Gasteiger partial charge in [0.25, 0.3) is 5.91 Å². The van der Waals surface area contributed by atoms with E-state index in [2.05, 4.69) is 15.5 Å².